The van der Waals surface area contributed by atoms with Crippen LogP contribution < -0.4 is 5.32 Å². The highest BCUT2D eigenvalue weighted by Gasteiger charge is 2.18. The Morgan fingerprint density at radius 1 is 1.18 bits per heavy atom. The quantitative estimate of drug-likeness (QED) is 0.777. The molecule has 3 rings (SSSR count). The maximum Gasteiger partial charge on any atom is 0.260 e. The van der Waals surface area contributed by atoms with Gasteiger partial charge in [-0.1, -0.05) is 30.3 Å². The van der Waals surface area contributed by atoms with Gasteiger partial charge in [0.2, 0.25) is 0 Å². The zero-order valence-corrected chi connectivity index (χ0v) is 11.9. The van der Waals surface area contributed by atoms with Crippen LogP contribution in [0.25, 0.3) is 11.3 Å². The van der Waals surface area contributed by atoms with Crippen molar-refractivity contribution in [2.24, 2.45) is 7.05 Å². The summed E-state index contributed by atoms with van der Waals surface area (Å²) in [6.07, 6.45) is 2.99. The molecule has 1 amide bonds. The number of amides is 1. The third kappa shape index (κ3) is 2.54. The lowest BCUT2D eigenvalue weighted by atomic mass is 10.1. The molecule has 2 N–H and O–H groups in total. The van der Waals surface area contributed by atoms with Crippen LogP contribution in [-0.4, -0.2) is 25.8 Å². The summed E-state index contributed by atoms with van der Waals surface area (Å²) >= 11 is 0. The van der Waals surface area contributed by atoms with Gasteiger partial charge in [0.25, 0.3) is 5.91 Å². The second kappa shape index (κ2) is 5.69. The SMILES string of the molecule is Cn1ncc(C(=O)Nc2ncccc2O)c1-c1ccccc1. The van der Waals surface area contributed by atoms with E-state index in [1.54, 1.807) is 17.8 Å². The third-order valence-electron chi connectivity index (χ3n) is 3.25. The molecule has 0 radical (unpaired) electrons. The van der Waals surface area contributed by atoms with Gasteiger partial charge in [-0.3, -0.25) is 9.48 Å². The van der Waals surface area contributed by atoms with Crippen molar-refractivity contribution in [3.63, 3.8) is 0 Å². The average Bonchev–Trinajstić information content (AvgIpc) is 2.92. The number of carbonyl (C=O) groups is 1. The lowest BCUT2D eigenvalue weighted by Crippen LogP contribution is -2.13. The summed E-state index contributed by atoms with van der Waals surface area (Å²) in [7, 11) is 1.78. The lowest BCUT2D eigenvalue weighted by molar-refractivity contribution is 0.102. The van der Waals surface area contributed by atoms with Crippen molar-refractivity contribution < 1.29 is 9.90 Å². The Balaban J connectivity index is 1.96. The molecule has 2 heterocycles. The van der Waals surface area contributed by atoms with Crippen LogP contribution in [0.4, 0.5) is 5.82 Å². The molecule has 0 saturated heterocycles. The van der Waals surface area contributed by atoms with Crippen LogP contribution in [0.3, 0.4) is 0 Å². The lowest BCUT2D eigenvalue weighted by Gasteiger charge is -2.08. The number of hydrogen-bond donors (Lipinski definition) is 2. The van der Waals surface area contributed by atoms with E-state index in [9.17, 15) is 9.90 Å². The van der Waals surface area contributed by atoms with Gasteiger partial charge >= 0.3 is 0 Å². The number of aryl methyl sites for hydroxylation is 1. The van der Waals surface area contributed by atoms with Crippen molar-refractivity contribution in [2.45, 2.75) is 0 Å². The first-order valence-electron chi connectivity index (χ1n) is 6.69. The van der Waals surface area contributed by atoms with Gasteiger partial charge in [0.05, 0.1) is 17.5 Å². The summed E-state index contributed by atoms with van der Waals surface area (Å²) in [5.74, 6) is -0.336. The van der Waals surface area contributed by atoms with Crippen LogP contribution in [0.1, 0.15) is 10.4 Å². The average molecular weight is 294 g/mol. The van der Waals surface area contributed by atoms with Gasteiger partial charge in [0.1, 0.15) is 0 Å². The van der Waals surface area contributed by atoms with Crippen LogP contribution in [-0.2, 0) is 7.05 Å². The number of hydrogen-bond acceptors (Lipinski definition) is 4. The van der Waals surface area contributed by atoms with E-state index in [2.05, 4.69) is 15.4 Å². The van der Waals surface area contributed by atoms with Crippen LogP contribution in [0.15, 0.2) is 54.9 Å². The Morgan fingerprint density at radius 3 is 2.68 bits per heavy atom. The minimum Gasteiger partial charge on any atom is -0.504 e. The van der Waals surface area contributed by atoms with E-state index in [1.807, 2.05) is 30.3 Å². The van der Waals surface area contributed by atoms with E-state index < -0.39 is 0 Å². The number of carbonyl (C=O) groups excluding carboxylic acids is 1. The first-order chi connectivity index (χ1) is 10.7. The Hall–Kier alpha value is -3.15. The zero-order valence-electron chi connectivity index (χ0n) is 11.9. The minimum atomic E-state index is -0.374. The van der Waals surface area contributed by atoms with E-state index in [0.717, 1.165) is 5.56 Å². The molecule has 110 valence electrons. The normalized spacial score (nSPS) is 10.4. The van der Waals surface area contributed by atoms with Gasteiger partial charge in [0, 0.05) is 18.8 Å². The van der Waals surface area contributed by atoms with Crippen LogP contribution in [0, 0.1) is 0 Å². The van der Waals surface area contributed by atoms with E-state index in [-0.39, 0.29) is 17.5 Å². The first kappa shape index (κ1) is 13.8. The van der Waals surface area contributed by atoms with Crippen molar-refractivity contribution in [1.82, 2.24) is 14.8 Å². The molecular formula is C16H14N4O2. The summed E-state index contributed by atoms with van der Waals surface area (Å²) in [4.78, 5) is 16.4. The maximum absolute atomic E-state index is 12.5. The summed E-state index contributed by atoms with van der Waals surface area (Å²) in [6, 6.07) is 12.6. The number of nitrogens with one attached hydrogen (secondary N) is 1. The largest absolute Gasteiger partial charge is 0.504 e. The van der Waals surface area contributed by atoms with Gasteiger partial charge in [-0.25, -0.2) is 4.98 Å². The molecule has 0 fully saturated rings. The maximum atomic E-state index is 12.5. The van der Waals surface area contributed by atoms with Gasteiger partial charge in [-0.05, 0) is 12.1 Å². The summed E-state index contributed by atoms with van der Waals surface area (Å²) in [5, 5.41) is 16.4. The van der Waals surface area contributed by atoms with Crippen LogP contribution in [0.5, 0.6) is 5.75 Å². The van der Waals surface area contributed by atoms with Crippen molar-refractivity contribution in [1.29, 1.82) is 0 Å². The number of nitrogens with zero attached hydrogens (tertiary/aromatic N) is 3. The van der Waals surface area contributed by atoms with Gasteiger partial charge < -0.3 is 10.4 Å². The molecular weight excluding hydrogens is 280 g/mol. The van der Waals surface area contributed by atoms with E-state index in [0.29, 0.717) is 11.3 Å². The van der Waals surface area contributed by atoms with Crippen molar-refractivity contribution in [2.75, 3.05) is 5.32 Å². The molecule has 3 aromatic rings. The molecule has 0 spiro atoms. The topological polar surface area (TPSA) is 80.0 Å². The Labute approximate surface area is 127 Å². The second-order valence-corrected chi connectivity index (χ2v) is 4.72. The van der Waals surface area contributed by atoms with E-state index >= 15 is 0 Å². The summed E-state index contributed by atoms with van der Waals surface area (Å²) < 4.78 is 1.64. The number of rotatable bonds is 3. The monoisotopic (exact) mass is 294 g/mol. The first-order valence-corrected chi connectivity index (χ1v) is 6.69. The van der Waals surface area contributed by atoms with Crippen molar-refractivity contribution in [3.8, 4) is 17.0 Å². The smallest absolute Gasteiger partial charge is 0.260 e. The number of aromatic hydroxyl groups is 1. The predicted octanol–water partition coefficient (Wildman–Crippen LogP) is 2.44. The highest BCUT2D eigenvalue weighted by Crippen LogP contribution is 2.25. The molecule has 0 aliphatic rings. The van der Waals surface area contributed by atoms with Gasteiger partial charge in [-0.2, -0.15) is 5.10 Å². The Bertz CT molecular complexity index is 812. The molecule has 0 atom stereocenters. The Morgan fingerprint density at radius 2 is 1.95 bits per heavy atom. The number of pyridine rings is 1. The molecule has 0 aliphatic heterocycles. The van der Waals surface area contributed by atoms with Crippen molar-refractivity contribution in [3.05, 3.63) is 60.4 Å². The third-order valence-corrected chi connectivity index (χ3v) is 3.25. The number of anilines is 1. The standard InChI is InChI=1S/C16H14N4O2/c1-20-14(11-6-3-2-4-7-11)12(10-18-20)16(22)19-15-13(21)8-5-9-17-15/h2-10,21H,1H3,(H,17,19,22). The van der Waals surface area contributed by atoms with E-state index in [1.165, 1.54) is 18.5 Å². The van der Waals surface area contributed by atoms with Crippen LogP contribution >= 0.6 is 0 Å². The fraction of sp³-hybridized carbons (Fsp3) is 0.0625. The number of aromatic nitrogens is 3. The fourth-order valence-corrected chi connectivity index (χ4v) is 2.21. The Kier molecular flexibility index (Phi) is 3.57. The summed E-state index contributed by atoms with van der Waals surface area (Å²) in [5.41, 5.74) is 2.00. The predicted molar refractivity (Wildman–Crippen MR) is 82.5 cm³/mol. The van der Waals surface area contributed by atoms with Gasteiger partial charge in [-0.15, -0.1) is 0 Å². The highest BCUT2D eigenvalue weighted by atomic mass is 16.3. The highest BCUT2D eigenvalue weighted by molar-refractivity contribution is 6.08. The second-order valence-electron chi connectivity index (χ2n) is 4.72. The molecule has 0 aliphatic carbocycles. The fourth-order valence-electron chi connectivity index (χ4n) is 2.21. The van der Waals surface area contributed by atoms with Gasteiger partial charge in [0.15, 0.2) is 11.6 Å². The molecule has 6 nitrogen and oxygen atoms in total. The van der Waals surface area contributed by atoms with Crippen molar-refractivity contribution >= 4 is 11.7 Å². The van der Waals surface area contributed by atoms with Crippen LogP contribution in [0.2, 0.25) is 0 Å². The number of benzene rings is 1. The molecule has 0 unspecified atom stereocenters. The molecule has 22 heavy (non-hydrogen) atoms. The minimum absolute atomic E-state index is 0.0824. The molecule has 0 bridgehead atoms. The molecule has 0 saturated carbocycles. The van der Waals surface area contributed by atoms with E-state index in [4.69, 9.17) is 0 Å². The molecule has 1 aromatic carbocycles. The summed E-state index contributed by atoms with van der Waals surface area (Å²) in [6.45, 7) is 0. The zero-order chi connectivity index (χ0) is 15.5. The molecule has 2 aromatic heterocycles. The molecule has 6 heteroatoms.